The minimum atomic E-state index is 0.108. The second-order valence-electron chi connectivity index (χ2n) is 6.86. The van der Waals surface area contributed by atoms with E-state index in [1.165, 1.54) is 22.2 Å². The minimum Gasteiger partial charge on any atom is -0.368 e. The highest BCUT2D eigenvalue weighted by molar-refractivity contribution is 7.17. The number of nitrogens with zero attached hydrogens (tertiary/aromatic N) is 3. The van der Waals surface area contributed by atoms with Gasteiger partial charge < -0.3 is 15.1 Å². The van der Waals surface area contributed by atoms with Crippen LogP contribution >= 0.6 is 11.3 Å². The summed E-state index contributed by atoms with van der Waals surface area (Å²) in [4.78, 5) is 18.5. The van der Waals surface area contributed by atoms with Crippen LogP contribution in [0.2, 0.25) is 0 Å². The summed E-state index contributed by atoms with van der Waals surface area (Å²) in [6, 6.07) is 8.99. The lowest BCUT2D eigenvalue weighted by Crippen LogP contribution is -2.46. The Kier molecular flexibility index (Phi) is 5.08. The van der Waals surface area contributed by atoms with Gasteiger partial charge in [-0.3, -0.25) is 4.90 Å². The van der Waals surface area contributed by atoms with Crippen molar-refractivity contribution in [2.75, 3.05) is 57.3 Å². The number of carbonyl (C=O) groups is 1. The summed E-state index contributed by atoms with van der Waals surface area (Å²) in [5.41, 5.74) is 1.39. The number of urea groups is 1. The Morgan fingerprint density at radius 2 is 1.84 bits per heavy atom. The molecule has 2 fully saturated rings. The van der Waals surface area contributed by atoms with Gasteiger partial charge in [0, 0.05) is 61.6 Å². The van der Waals surface area contributed by atoms with Crippen molar-refractivity contribution in [3.63, 3.8) is 0 Å². The molecular formula is C19H26N4OS. The molecule has 0 spiro atoms. The van der Waals surface area contributed by atoms with E-state index < -0.39 is 0 Å². The summed E-state index contributed by atoms with van der Waals surface area (Å²) in [7, 11) is 0. The lowest BCUT2D eigenvalue weighted by Gasteiger charge is -2.36. The molecule has 2 amide bonds. The SMILES string of the molecule is O=C1NCCN1CCCCN1CCN(c2cccc3sccc23)CC1. The van der Waals surface area contributed by atoms with Crippen molar-refractivity contribution in [2.45, 2.75) is 12.8 Å². The summed E-state index contributed by atoms with van der Waals surface area (Å²) in [5, 5.41) is 6.44. The molecule has 0 aliphatic carbocycles. The van der Waals surface area contributed by atoms with Gasteiger partial charge in [-0.25, -0.2) is 4.79 Å². The summed E-state index contributed by atoms with van der Waals surface area (Å²) in [6.07, 6.45) is 2.27. The average molecular weight is 359 g/mol. The van der Waals surface area contributed by atoms with Gasteiger partial charge in [-0.05, 0) is 43.0 Å². The Balaban J connectivity index is 1.22. The number of thiophene rings is 1. The van der Waals surface area contributed by atoms with Gasteiger partial charge in [0.15, 0.2) is 0 Å². The topological polar surface area (TPSA) is 38.8 Å². The molecule has 0 saturated carbocycles. The normalized spacial score (nSPS) is 19.0. The highest BCUT2D eigenvalue weighted by atomic mass is 32.1. The summed E-state index contributed by atoms with van der Waals surface area (Å²) < 4.78 is 1.38. The highest BCUT2D eigenvalue weighted by Crippen LogP contribution is 2.31. The zero-order valence-corrected chi connectivity index (χ0v) is 15.4. The summed E-state index contributed by atoms with van der Waals surface area (Å²) >= 11 is 1.82. The van der Waals surface area contributed by atoms with Gasteiger partial charge in [-0.15, -0.1) is 11.3 Å². The molecule has 5 nitrogen and oxygen atoms in total. The monoisotopic (exact) mass is 358 g/mol. The first-order chi connectivity index (χ1) is 12.3. The van der Waals surface area contributed by atoms with Crippen molar-refractivity contribution in [3.05, 3.63) is 29.6 Å². The number of carbonyl (C=O) groups excluding carboxylic acids is 1. The van der Waals surface area contributed by atoms with Crippen LogP contribution in [0, 0.1) is 0 Å². The molecule has 134 valence electrons. The Morgan fingerprint density at radius 3 is 2.64 bits per heavy atom. The first-order valence-corrected chi connectivity index (χ1v) is 10.2. The lowest BCUT2D eigenvalue weighted by molar-refractivity contribution is 0.213. The molecule has 1 aromatic heterocycles. The number of fused-ring (bicyclic) bond motifs is 1. The maximum Gasteiger partial charge on any atom is 0.317 e. The Labute approximate surface area is 153 Å². The molecule has 3 heterocycles. The van der Waals surface area contributed by atoms with Crippen molar-refractivity contribution in [2.24, 2.45) is 0 Å². The maximum absolute atomic E-state index is 11.5. The Bertz CT molecular complexity index is 723. The number of anilines is 1. The van der Waals surface area contributed by atoms with Crippen molar-refractivity contribution in [1.82, 2.24) is 15.1 Å². The fourth-order valence-electron chi connectivity index (χ4n) is 3.83. The number of benzene rings is 1. The molecule has 2 aliphatic heterocycles. The predicted molar refractivity (Wildman–Crippen MR) is 105 cm³/mol. The maximum atomic E-state index is 11.5. The molecule has 25 heavy (non-hydrogen) atoms. The van der Waals surface area contributed by atoms with Crippen molar-refractivity contribution >= 4 is 33.1 Å². The molecule has 0 radical (unpaired) electrons. The van der Waals surface area contributed by atoms with Gasteiger partial charge in [-0.2, -0.15) is 0 Å². The summed E-state index contributed by atoms with van der Waals surface area (Å²) in [6.45, 7) is 8.17. The van der Waals surface area contributed by atoms with Gasteiger partial charge in [0.1, 0.15) is 0 Å². The zero-order chi connectivity index (χ0) is 17.1. The minimum absolute atomic E-state index is 0.108. The summed E-state index contributed by atoms with van der Waals surface area (Å²) in [5.74, 6) is 0. The molecule has 1 N–H and O–H groups in total. The zero-order valence-electron chi connectivity index (χ0n) is 14.6. The van der Waals surface area contributed by atoms with Gasteiger partial charge >= 0.3 is 6.03 Å². The fraction of sp³-hybridized carbons (Fsp3) is 0.526. The fourth-order valence-corrected chi connectivity index (χ4v) is 4.64. The largest absolute Gasteiger partial charge is 0.368 e. The van der Waals surface area contributed by atoms with E-state index in [4.69, 9.17) is 0 Å². The molecule has 2 aromatic rings. The number of hydrogen-bond donors (Lipinski definition) is 1. The van der Waals surface area contributed by atoms with Crippen LogP contribution in [0.25, 0.3) is 10.1 Å². The molecule has 2 saturated heterocycles. The second kappa shape index (κ2) is 7.62. The van der Waals surface area contributed by atoms with Crippen LogP contribution in [0.3, 0.4) is 0 Å². The van der Waals surface area contributed by atoms with E-state index in [9.17, 15) is 4.79 Å². The molecule has 0 atom stereocenters. The molecule has 2 aliphatic rings. The third kappa shape index (κ3) is 3.75. The van der Waals surface area contributed by atoms with Crippen molar-refractivity contribution < 1.29 is 4.79 Å². The molecule has 0 bridgehead atoms. The van der Waals surface area contributed by atoms with Crippen molar-refractivity contribution in [3.8, 4) is 0 Å². The number of unbranched alkanes of at least 4 members (excludes halogenated alkanes) is 1. The van der Waals surface area contributed by atoms with Crippen LogP contribution < -0.4 is 10.2 Å². The van der Waals surface area contributed by atoms with Crippen LogP contribution in [0.15, 0.2) is 29.6 Å². The number of rotatable bonds is 6. The number of nitrogens with one attached hydrogen (secondary N) is 1. The lowest BCUT2D eigenvalue weighted by atomic mass is 10.1. The van der Waals surface area contributed by atoms with E-state index in [2.05, 4.69) is 44.8 Å². The molecular weight excluding hydrogens is 332 g/mol. The molecule has 0 unspecified atom stereocenters. The third-order valence-corrected chi connectivity index (χ3v) is 6.17. The van der Waals surface area contributed by atoms with Crippen LogP contribution in [0.4, 0.5) is 10.5 Å². The van der Waals surface area contributed by atoms with Gasteiger partial charge in [-0.1, -0.05) is 6.07 Å². The van der Waals surface area contributed by atoms with Crippen LogP contribution in [-0.4, -0.2) is 68.2 Å². The molecule has 1 aromatic carbocycles. The van der Waals surface area contributed by atoms with E-state index in [0.717, 1.165) is 58.8 Å². The third-order valence-electron chi connectivity index (χ3n) is 5.28. The van der Waals surface area contributed by atoms with E-state index in [-0.39, 0.29) is 6.03 Å². The van der Waals surface area contributed by atoms with Gasteiger partial charge in [0.25, 0.3) is 0 Å². The molecule has 6 heteroatoms. The van der Waals surface area contributed by atoms with Crippen LogP contribution in [0.1, 0.15) is 12.8 Å². The standard InChI is InChI=1S/C19H26N4OS/c24-19-20-7-10-23(19)9-2-1-8-21-11-13-22(14-12-21)17-4-3-5-18-16(17)6-15-25-18/h3-6,15H,1-2,7-14H2,(H,20,24). The predicted octanol–water partition coefficient (Wildman–Crippen LogP) is 2.83. The van der Waals surface area contributed by atoms with E-state index in [1.54, 1.807) is 0 Å². The van der Waals surface area contributed by atoms with Crippen molar-refractivity contribution in [1.29, 1.82) is 0 Å². The Morgan fingerprint density at radius 1 is 1.00 bits per heavy atom. The number of amides is 2. The van der Waals surface area contributed by atoms with E-state index in [0.29, 0.717) is 0 Å². The second-order valence-corrected chi connectivity index (χ2v) is 7.81. The number of piperazine rings is 1. The first kappa shape index (κ1) is 16.7. The van der Waals surface area contributed by atoms with Gasteiger partial charge in [0.05, 0.1) is 0 Å². The average Bonchev–Trinajstić information content (AvgIpc) is 3.28. The number of hydrogen-bond acceptors (Lipinski definition) is 4. The Hall–Kier alpha value is -1.79. The van der Waals surface area contributed by atoms with E-state index in [1.807, 2.05) is 16.2 Å². The highest BCUT2D eigenvalue weighted by Gasteiger charge is 2.20. The smallest absolute Gasteiger partial charge is 0.317 e. The van der Waals surface area contributed by atoms with E-state index >= 15 is 0 Å². The van der Waals surface area contributed by atoms with Crippen LogP contribution in [0.5, 0.6) is 0 Å². The quantitative estimate of drug-likeness (QED) is 0.807. The van der Waals surface area contributed by atoms with Crippen LogP contribution in [-0.2, 0) is 0 Å². The first-order valence-electron chi connectivity index (χ1n) is 9.27. The molecule has 4 rings (SSSR count). The van der Waals surface area contributed by atoms with Gasteiger partial charge in [0.2, 0.25) is 0 Å².